The van der Waals surface area contributed by atoms with Crippen LogP contribution >= 0.6 is 0 Å². The number of ether oxygens (including phenoxy) is 1. The second-order valence-corrected chi connectivity index (χ2v) is 11.0. The molecule has 0 unspecified atom stereocenters. The lowest BCUT2D eigenvalue weighted by Crippen LogP contribution is -2.40. The van der Waals surface area contributed by atoms with E-state index in [4.69, 9.17) is 4.74 Å². The van der Waals surface area contributed by atoms with Gasteiger partial charge < -0.3 is 15.0 Å². The molecule has 2 fully saturated rings. The highest BCUT2D eigenvalue weighted by Gasteiger charge is 2.28. The lowest BCUT2D eigenvalue weighted by Gasteiger charge is -2.27. The quantitative estimate of drug-likeness (QED) is 0.704. The maximum atomic E-state index is 13.2. The van der Waals surface area contributed by atoms with E-state index in [0.29, 0.717) is 32.0 Å². The summed E-state index contributed by atoms with van der Waals surface area (Å²) in [4.78, 5) is 15.4. The summed E-state index contributed by atoms with van der Waals surface area (Å²) >= 11 is 0. The molecule has 0 bridgehead atoms. The number of nitrogens with zero attached hydrogens (tertiary/aromatic N) is 2. The van der Waals surface area contributed by atoms with Gasteiger partial charge in [-0.1, -0.05) is 18.2 Å². The number of sulfonamides is 1. The molecule has 0 spiro atoms. The lowest BCUT2D eigenvalue weighted by atomic mass is 10.0. The number of anilines is 2. The van der Waals surface area contributed by atoms with Crippen LogP contribution in [0.25, 0.3) is 0 Å². The molecule has 2 aromatic carbocycles. The molecule has 1 amide bonds. The fraction of sp³-hybridized carbons (Fsp3) is 0.480. The van der Waals surface area contributed by atoms with Gasteiger partial charge in [-0.2, -0.15) is 4.31 Å². The summed E-state index contributed by atoms with van der Waals surface area (Å²) in [5, 5.41) is 3.03. The lowest BCUT2D eigenvalue weighted by molar-refractivity contribution is -0.115. The van der Waals surface area contributed by atoms with Gasteiger partial charge in [0.25, 0.3) is 0 Å². The first-order chi connectivity index (χ1) is 16.0. The van der Waals surface area contributed by atoms with Gasteiger partial charge >= 0.3 is 0 Å². The van der Waals surface area contributed by atoms with Crippen LogP contribution in [0.3, 0.4) is 0 Å². The molecule has 33 heavy (non-hydrogen) atoms. The number of carbonyl (C=O) groups excluding carboxylic acids is 1. The Kier molecular flexibility index (Phi) is 6.40. The molecule has 5 rings (SSSR count). The average Bonchev–Trinajstić information content (AvgIpc) is 3.51. The highest BCUT2D eigenvalue weighted by molar-refractivity contribution is 7.89. The van der Waals surface area contributed by atoms with E-state index in [9.17, 15) is 13.2 Å². The van der Waals surface area contributed by atoms with E-state index in [1.165, 1.54) is 21.9 Å². The standard InChI is InChI=1S/C25H31N3O4S/c29-25(17-19-6-7-20-4-3-5-21(20)16-19)26-23-18-22(8-9-24(23)27-10-1-2-11-27)33(30,31)28-12-14-32-15-13-28/h6-9,16,18H,1-5,10-15,17H2,(H,26,29). The highest BCUT2D eigenvalue weighted by atomic mass is 32.2. The predicted molar refractivity (Wildman–Crippen MR) is 128 cm³/mol. The Bertz CT molecular complexity index is 1140. The zero-order valence-electron chi connectivity index (χ0n) is 18.9. The van der Waals surface area contributed by atoms with E-state index >= 15 is 0 Å². The summed E-state index contributed by atoms with van der Waals surface area (Å²) in [6.07, 6.45) is 5.82. The van der Waals surface area contributed by atoms with Crippen LogP contribution in [0.4, 0.5) is 11.4 Å². The molecule has 176 valence electrons. The molecule has 2 heterocycles. The summed E-state index contributed by atoms with van der Waals surface area (Å²) in [5.41, 5.74) is 5.18. The normalized spacial score (nSPS) is 19.0. The van der Waals surface area contributed by atoms with Crippen molar-refractivity contribution >= 4 is 27.3 Å². The van der Waals surface area contributed by atoms with Crippen LogP contribution in [0.1, 0.15) is 36.0 Å². The summed E-state index contributed by atoms with van der Waals surface area (Å²) in [6.45, 7) is 3.30. The van der Waals surface area contributed by atoms with Crippen molar-refractivity contribution in [3.63, 3.8) is 0 Å². The smallest absolute Gasteiger partial charge is 0.243 e. The molecule has 3 aliphatic rings. The van der Waals surface area contributed by atoms with Gasteiger partial charge in [0.15, 0.2) is 0 Å². The van der Waals surface area contributed by atoms with Crippen molar-refractivity contribution in [2.45, 2.75) is 43.4 Å². The minimum Gasteiger partial charge on any atom is -0.379 e. The number of rotatable bonds is 6. The molecule has 0 atom stereocenters. The fourth-order valence-corrected chi connectivity index (χ4v) is 6.50. The van der Waals surface area contributed by atoms with Gasteiger partial charge in [0.1, 0.15) is 0 Å². The van der Waals surface area contributed by atoms with E-state index < -0.39 is 10.0 Å². The zero-order chi connectivity index (χ0) is 22.8. The molecule has 2 aromatic rings. The number of amides is 1. The largest absolute Gasteiger partial charge is 0.379 e. The molecule has 0 aromatic heterocycles. The Balaban J connectivity index is 1.40. The molecular weight excluding hydrogens is 438 g/mol. The summed E-state index contributed by atoms with van der Waals surface area (Å²) in [7, 11) is -3.64. The van der Waals surface area contributed by atoms with Crippen LogP contribution in [0.2, 0.25) is 0 Å². The van der Waals surface area contributed by atoms with Crippen LogP contribution in [0.15, 0.2) is 41.3 Å². The van der Waals surface area contributed by atoms with E-state index in [2.05, 4.69) is 22.3 Å². The SMILES string of the molecule is O=C(Cc1ccc2c(c1)CCC2)Nc1cc(S(=O)(=O)N2CCOCC2)ccc1N1CCCC1. The molecule has 8 heteroatoms. The molecule has 0 radical (unpaired) electrons. The third kappa shape index (κ3) is 4.78. The second kappa shape index (κ2) is 9.44. The summed E-state index contributed by atoms with van der Waals surface area (Å²) < 4.78 is 33.2. The average molecular weight is 470 g/mol. The van der Waals surface area contributed by atoms with Crippen LogP contribution in [0, 0.1) is 0 Å². The van der Waals surface area contributed by atoms with Gasteiger partial charge in [0.2, 0.25) is 15.9 Å². The monoisotopic (exact) mass is 469 g/mol. The van der Waals surface area contributed by atoms with Crippen LogP contribution in [-0.2, 0) is 38.8 Å². The summed E-state index contributed by atoms with van der Waals surface area (Å²) in [6, 6.07) is 11.4. The number of nitrogens with one attached hydrogen (secondary N) is 1. The van der Waals surface area contributed by atoms with Crippen LogP contribution < -0.4 is 10.2 Å². The van der Waals surface area contributed by atoms with Gasteiger partial charge in [-0.25, -0.2) is 8.42 Å². The minimum atomic E-state index is -3.64. The van der Waals surface area contributed by atoms with E-state index in [1.807, 2.05) is 12.1 Å². The molecule has 2 saturated heterocycles. The molecule has 0 saturated carbocycles. The molecule has 2 aliphatic heterocycles. The third-order valence-corrected chi connectivity index (χ3v) is 8.72. The number of carbonyl (C=O) groups is 1. The minimum absolute atomic E-state index is 0.130. The zero-order valence-corrected chi connectivity index (χ0v) is 19.7. The Morgan fingerprint density at radius 3 is 2.45 bits per heavy atom. The number of hydrogen-bond acceptors (Lipinski definition) is 5. The highest BCUT2D eigenvalue weighted by Crippen LogP contribution is 2.33. The van der Waals surface area contributed by atoms with Gasteiger partial charge in [0, 0.05) is 26.2 Å². The van der Waals surface area contributed by atoms with Gasteiger partial charge in [-0.15, -0.1) is 0 Å². The fourth-order valence-electron chi connectivity index (χ4n) is 5.06. The van der Waals surface area contributed by atoms with Crippen LogP contribution in [-0.4, -0.2) is 58.0 Å². The molecular formula is C25H31N3O4S. The van der Waals surface area contributed by atoms with Crippen molar-refractivity contribution in [1.29, 1.82) is 0 Å². The number of aryl methyl sites for hydroxylation is 2. The van der Waals surface area contributed by atoms with Crippen molar-refractivity contribution in [3.8, 4) is 0 Å². The molecule has 1 N–H and O–H groups in total. The van der Waals surface area contributed by atoms with Gasteiger partial charge in [-0.3, -0.25) is 4.79 Å². The van der Waals surface area contributed by atoms with Crippen molar-refractivity contribution < 1.29 is 17.9 Å². The number of fused-ring (bicyclic) bond motifs is 1. The van der Waals surface area contributed by atoms with Crippen LogP contribution in [0.5, 0.6) is 0 Å². The maximum Gasteiger partial charge on any atom is 0.243 e. The number of morpholine rings is 1. The first-order valence-electron chi connectivity index (χ1n) is 11.9. The van der Waals surface area contributed by atoms with E-state index in [0.717, 1.165) is 50.0 Å². The van der Waals surface area contributed by atoms with E-state index in [1.54, 1.807) is 12.1 Å². The van der Waals surface area contributed by atoms with Crippen molar-refractivity contribution in [2.75, 3.05) is 49.6 Å². The number of hydrogen-bond donors (Lipinski definition) is 1. The van der Waals surface area contributed by atoms with Crippen molar-refractivity contribution in [2.24, 2.45) is 0 Å². The molecule has 7 nitrogen and oxygen atoms in total. The Hall–Kier alpha value is -2.42. The first-order valence-corrected chi connectivity index (χ1v) is 13.3. The van der Waals surface area contributed by atoms with Gasteiger partial charge in [-0.05, 0) is 67.0 Å². The van der Waals surface area contributed by atoms with E-state index in [-0.39, 0.29) is 17.2 Å². The topological polar surface area (TPSA) is 79.0 Å². The van der Waals surface area contributed by atoms with Gasteiger partial charge in [0.05, 0.1) is 35.9 Å². The maximum absolute atomic E-state index is 13.2. The summed E-state index contributed by atoms with van der Waals surface area (Å²) in [5.74, 6) is -0.130. The Morgan fingerprint density at radius 2 is 1.67 bits per heavy atom. The predicted octanol–water partition coefficient (Wildman–Crippen LogP) is 2.98. The van der Waals surface area contributed by atoms with Crippen molar-refractivity contribution in [1.82, 2.24) is 4.31 Å². The molecule has 1 aliphatic carbocycles. The van der Waals surface area contributed by atoms with Crippen molar-refractivity contribution in [3.05, 3.63) is 53.1 Å². The Labute approximate surface area is 195 Å². The first kappa shape index (κ1) is 22.4. The Morgan fingerprint density at radius 1 is 0.909 bits per heavy atom. The second-order valence-electron chi connectivity index (χ2n) is 9.07. The number of benzene rings is 2. The third-order valence-electron chi connectivity index (χ3n) is 6.82.